The maximum absolute atomic E-state index is 6.10. The van der Waals surface area contributed by atoms with E-state index in [9.17, 15) is 0 Å². The van der Waals surface area contributed by atoms with E-state index in [1.54, 1.807) is 0 Å². The molecule has 0 amide bonds. The summed E-state index contributed by atoms with van der Waals surface area (Å²) in [4.78, 5) is 10.7. The van der Waals surface area contributed by atoms with E-state index < -0.39 is 0 Å². The summed E-state index contributed by atoms with van der Waals surface area (Å²) < 4.78 is 2.07. The summed E-state index contributed by atoms with van der Waals surface area (Å²) in [6.07, 6.45) is 8.26. The highest BCUT2D eigenvalue weighted by Crippen LogP contribution is 2.32. The number of nitrogens with two attached hydrogens (primary N) is 2. The number of rotatable bonds is 4. The normalized spacial score (nSPS) is 16.7. The molecule has 4 N–H and O–H groups in total. The third-order valence-corrected chi connectivity index (χ3v) is 3.99. The predicted molar refractivity (Wildman–Crippen MR) is 89.8 cm³/mol. The van der Waals surface area contributed by atoms with Gasteiger partial charge in [0.05, 0.1) is 17.7 Å². The molecule has 0 aliphatic carbocycles. The number of fused-ring (bicyclic) bond motifs is 1. The number of nitrogen functional groups attached to an aromatic ring is 2. The minimum Gasteiger partial charge on any atom is -0.383 e. The first-order chi connectivity index (χ1) is 10.4. The van der Waals surface area contributed by atoms with Gasteiger partial charge < -0.3 is 16.4 Å². The summed E-state index contributed by atoms with van der Waals surface area (Å²) in [6, 6.07) is 0. The summed E-state index contributed by atoms with van der Waals surface area (Å²) in [7, 11) is 2.03. The van der Waals surface area contributed by atoms with Gasteiger partial charge in [-0.1, -0.05) is 13.8 Å². The fourth-order valence-electron chi connectivity index (χ4n) is 2.86. The first kappa shape index (κ1) is 14.6. The van der Waals surface area contributed by atoms with E-state index in [1.807, 2.05) is 7.05 Å². The molecule has 1 aromatic heterocycles. The number of hydrogen-bond donors (Lipinski definition) is 2. The van der Waals surface area contributed by atoms with Crippen LogP contribution in [-0.2, 0) is 6.42 Å². The van der Waals surface area contributed by atoms with Crippen molar-refractivity contribution in [3.8, 4) is 0 Å². The van der Waals surface area contributed by atoms with Crippen LogP contribution in [0.3, 0.4) is 0 Å². The van der Waals surface area contributed by atoms with Gasteiger partial charge in [0.2, 0.25) is 5.95 Å². The Hall–Kier alpha value is -2.37. The second-order valence-electron chi connectivity index (χ2n) is 6.36. The number of aromatic nitrogens is 2. The standard InChI is InChI=1S/C16H23N6/c1-10(2)4-5-13-14(17)19-16(18)20-15(13)22-8-11-6-21(3)7-12(11)9-22/h6-8,10H,4-5,9H2,1-3H3,(H4,17,18,19,20)/q+1. The molecule has 0 radical (unpaired) electrons. The van der Waals surface area contributed by atoms with Crippen molar-refractivity contribution >= 4 is 23.8 Å². The van der Waals surface area contributed by atoms with Gasteiger partial charge in [0.1, 0.15) is 18.7 Å². The van der Waals surface area contributed by atoms with Gasteiger partial charge in [-0.15, -0.1) is 0 Å². The molecule has 116 valence electrons. The van der Waals surface area contributed by atoms with E-state index in [2.05, 4.69) is 51.9 Å². The third-order valence-electron chi connectivity index (χ3n) is 3.99. The fraction of sp³-hybridized carbons (Fsp3) is 0.438. The molecular weight excluding hydrogens is 276 g/mol. The van der Waals surface area contributed by atoms with Gasteiger partial charge in [-0.3, -0.25) is 0 Å². The Kier molecular flexibility index (Phi) is 3.60. The van der Waals surface area contributed by atoms with Crippen molar-refractivity contribution in [1.82, 2.24) is 9.97 Å². The Bertz CT molecular complexity index is 699. The van der Waals surface area contributed by atoms with Crippen molar-refractivity contribution in [2.45, 2.75) is 26.7 Å². The van der Waals surface area contributed by atoms with Crippen molar-refractivity contribution in [2.75, 3.05) is 30.0 Å². The molecule has 3 rings (SSSR count). The van der Waals surface area contributed by atoms with Gasteiger partial charge in [-0.05, 0) is 18.8 Å². The van der Waals surface area contributed by atoms with Crippen LogP contribution < -0.4 is 16.4 Å². The molecule has 2 aliphatic rings. The Morgan fingerprint density at radius 2 is 2.09 bits per heavy atom. The van der Waals surface area contributed by atoms with Gasteiger partial charge in [-0.2, -0.15) is 9.97 Å². The van der Waals surface area contributed by atoms with Crippen LogP contribution in [0.2, 0.25) is 0 Å². The van der Waals surface area contributed by atoms with Gasteiger partial charge in [-0.25, -0.2) is 4.58 Å². The molecule has 0 spiro atoms. The zero-order valence-electron chi connectivity index (χ0n) is 13.4. The molecule has 0 fully saturated rings. The monoisotopic (exact) mass is 299 g/mol. The molecule has 0 atom stereocenters. The fourth-order valence-corrected chi connectivity index (χ4v) is 2.86. The summed E-state index contributed by atoms with van der Waals surface area (Å²) in [6.45, 7) is 5.19. The lowest BCUT2D eigenvalue weighted by atomic mass is 10.0. The van der Waals surface area contributed by atoms with E-state index in [4.69, 9.17) is 11.5 Å². The predicted octanol–water partition coefficient (Wildman–Crippen LogP) is 1.54. The zero-order chi connectivity index (χ0) is 15.9. The maximum Gasteiger partial charge on any atom is 0.223 e. The largest absolute Gasteiger partial charge is 0.383 e. The second-order valence-corrected chi connectivity index (χ2v) is 6.36. The van der Waals surface area contributed by atoms with Gasteiger partial charge in [0, 0.05) is 11.8 Å². The highest BCUT2D eigenvalue weighted by Gasteiger charge is 2.28. The lowest BCUT2D eigenvalue weighted by Gasteiger charge is -2.20. The SMILES string of the molecule is CC(C)CCc1c(N)nc(N)nc1N1C=C2C=[N+](C)C=C2C1. The van der Waals surface area contributed by atoms with Crippen LogP contribution in [0.15, 0.2) is 23.5 Å². The van der Waals surface area contributed by atoms with Crippen molar-refractivity contribution in [3.63, 3.8) is 0 Å². The van der Waals surface area contributed by atoms with E-state index in [1.165, 1.54) is 11.1 Å². The van der Waals surface area contributed by atoms with Crippen LogP contribution in [0, 0.1) is 5.92 Å². The summed E-state index contributed by atoms with van der Waals surface area (Å²) in [5.41, 5.74) is 15.4. The molecular formula is C16H23N6+. The highest BCUT2D eigenvalue weighted by atomic mass is 15.2. The van der Waals surface area contributed by atoms with Gasteiger partial charge in [0.15, 0.2) is 12.4 Å². The zero-order valence-corrected chi connectivity index (χ0v) is 13.4. The quantitative estimate of drug-likeness (QED) is 0.824. The van der Waals surface area contributed by atoms with Gasteiger partial charge >= 0.3 is 0 Å². The molecule has 22 heavy (non-hydrogen) atoms. The molecule has 0 unspecified atom stereocenters. The maximum atomic E-state index is 6.10. The smallest absolute Gasteiger partial charge is 0.223 e. The van der Waals surface area contributed by atoms with Crippen LogP contribution in [0.25, 0.3) is 0 Å². The number of anilines is 3. The van der Waals surface area contributed by atoms with E-state index in [0.29, 0.717) is 11.7 Å². The Morgan fingerprint density at radius 1 is 1.32 bits per heavy atom. The lowest BCUT2D eigenvalue weighted by molar-refractivity contribution is -0.413. The molecule has 3 heterocycles. The third kappa shape index (κ3) is 2.68. The first-order valence-electron chi connectivity index (χ1n) is 7.62. The Labute approximate surface area is 130 Å². The van der Waals surface area contributed by atoms with Crippen molar-refractivity contribution in [1.29, 1.82) is 0 Å². The van der Waals surface area contributed by atoms with Crippen molar-refractivity contribution in [2.24, 2.45) is 5.92 Å². The summed E-state index contributed by atoms with van der Waals surface area (Å²) in [5.74, 6) is 2.16. The minimum absolute atomic E-state index is 0.228. The summed E-state index contributed by atoms with van der Waals surface area (Å²) in [5, 5.41) is 0. The topological polar surface area (TPSA) is 84.1 Å². The number of hydrogen-bond acceptors (Lipinski definition) is 5. The molecule has 6 nitrogen and oxygen atoms in total. The molecule has 0 bridgehead atoms. The van der Waals surface area contributed by atoms with E-state index in [0.717, 1.165) is 30.8 Å². The molecule has 6 heteroatoms. The molecule has 1 aromatic rings. The average Bonchev–Trinajstić information content (AvgIpc) is 2.93. The van der Waals surface area contributed by atoms with Crippen LogP contribution in [0.5, 0.6) is 0 Å². The van der Waals surface area contributed by atoms with Crippen LogP contribution in [0.1, 0.15) is 25.8 Å². The minimum atomic E-state index is 0.228. The van der Waals surface area contributed by atoms with Crippen molar-refractivity contribution in [3.05, 3.63) is 29.1 Å². The average molecular weight is 299 g/mol. The molecule has 0 saturated heterocycles. The summed E-state index contributed by atoms with van der Waals surface area (Å²) >= 11 is 0. The van der Waals surface area contributed by atoms with E-state index >= 15 is 0 Å². The number of nitrogens with zero attached hydrogens (tertiary/aromatic N) is 4. The lowest BCUT2D eigenvalue weighted by Crippen LogP contribution is -2.20. The Morgan fingerprint density at radius 3 is 2.77 bits per heavy atom. The first-order valence-corrected chi connectivity index (χ1v) is 7.62. The highest BCUT2D eigenvalue weighted by molar-refractivity contribution is 5.87. The molecule has 0 aromatic carbocycles. The Balaban J connectivity index is 1.95. The van der Waals surface area contributed by atoms with Crippen LogP contribution >= 0.6 is 0 Å². The van der Waals surface area contributed by atoms with Gasteiger partial charge in [0.25, 0.3) is 0 Å². The van der Waals surface area contributed by atoms with Crippen LogP contribution in [-0.4, -0.2) is 34.4 Å². The van der Waals surface area contributed by atoms with Crippen molar-refractivity contribution < 1.29 is 4.58 Å². The second kappa shape index (κ2) is 5.44. The molecule has 2 aliphatic heterocycles. The van der Waals surface area contributed by atoms with E-state index in [-0.39, 0.29) is 5.95 Å². The van der Waals surface area contributed by atoms with Crippen LogP contribution in [0.4, 0.5) is 17.6 Å². The molecule has 0 saturated carbocycles.